The van der Waals surface area contributed by atoms with E-state index < -0.39 is 24.5 Å². The SMILES string of the molecule is CCOC(=O)c1c(C)[nH]c(C(=O)OCC(=O)N(CCC#N)c2ccc(OCC)cc2)c1C. The second-order valence-electron chi connectivity index (χ2n) is 6.80. The highest BCUT2D eigenvalue weighted by molar-refractivity contribution is 6.00. The Bertz CT molecular complexity index is 1000. The van der Waals surface area contributed by atoms with Gasteiger partial charge in [-0.25, -0.2) is 9.59 Å². The molecule has 1 aromatic carbocycles. The maximum atomic E-state index is 12.8. The number of esters is 2. The molecule has 0 atom stereocenters. The summed E-state index contributed by atoms with van der Waals surface area (Å²) in [5.74, 6) is -1.12. The number of rotatable bonds is 10. The fourth-order valence-corrected chi connectivity index (χ4v) is 3.19. The highest BCUT2D eigenvalue weighted by Gasteiger charge is 2.25. The van der Waals surface area contributed by atoms with Crippen LogP contribution < -0.4 is 9.64 Å². The maximum Gasteiger partial charge on any atom is 0.355 e. The zero-order valence-electron chi connectivity index (χ0n) is 18.7. The van der Waals surface area contributed by atoms with Gasteiger partial charge < -0.3 is 24.1 Å². The number of nitrogens with zero attached hydrogens (tertiary/aromatic N) is 2. The van der Waals surface area contributed by atoms with Gasteiger partial charge in [0.1, 0.15) is 11.4 Å². The van der Waals surface area contributed by atoms with Gasteiger partial charge in [-0.2, -0.15) is 5.26 Å². The van der Waals surface area contributed by atoms with Crippen LogP contribution >= 0.6 is 0 Å². The van der Waals surface area contributed by atoms with Gasteiger partial charge in [-0.05, 0) is 57.5 Å². The van der Waals surface area contributed by atoms with Crippen LogP contribution in [0.4, 0.5) is 5.69 Å². The number of aromatic nitrogens is 1. The molecule has 0 unspecified atom stereocenters. The number of aromatic amines is 1. The standard InChI is InChI=1S/C23H27N3O6/c1-5-30-18-10-8-17(9-11-18)26(13-7-12-24)19(27)14-32-23(29)21-15(3)20(16(4)25-21)22(28)31-6-2/h8-11,25H,5-7,13-14H2,1-4H3. The third-order valence-electron chi connectivity index (χ3n) is 4.66. The predicted molar refractivity (Wildman–Crippen MR) is 117 cm³/mol. The topological polar surface area (TPSA) is 122 Å². The summed E-state index contributed by atoms with van der Waals surface area (Å²) in [4.78, 5) is 41.7. The summed E-state index contributed by atoms with van der Waals surface area (Å²) in [6.45, 7) is 7.16. The van der Waals surface area contributed by atoms with Crippen LogP contribution in [-0.2, 0) is 14.3 Å². The summed E-state index contributed by atoms with van der Waals surface area (Å²) < 4.78 is 15.6. The molecule has 1 N–H and O–H groups in total. The van der Waals surface area contributed by atoms with E-state index in [9.17, 15) is 14.4 Å². The number of hydrogen-bond acceptors (Lipinski definition) is 7. The largest absolute Gasteiger partial charge is 0.494 e. The van der Waals surface area contributed by atoms with Gasteiger partial charge in [0, 0.05) is 17.9 Å². The fraction of sp³-hybridized carbons (Fsp3) is 0.391. The zero-order valence-corrected chi connectivity index (χ0v) is 18.7. The van der Waals surface area contributed by atoms with Crippen LogP contribution in [0.2, 0.25) is 0 Å². The van der Waals surface area contributed by atoms with E-state index in [1.54, 1.807) is 45.0 Å². The van der Waals surface area contributed by atoms with Crippen LogP contribution in [0.25, 0.3) is 0 Å². The smallest absolute Gasteiger partial charge is 0.355 e. The average molecular weight is 441 g/mol. The number of amides is 1. The minimum absolute atomic E-state index is 0.0861. The first-order valence-electron chi connectivity index (χ1n) is 10.3. The second kappa shape index (κ2) is 11.6. The molecule has 0 bridgehead atoms. The first-order valence-corrected chi connectivity index (χ1v) is 10.3. The van der Waals surface area contributed by atoms with Gasteiger partial charge in [0.25, 0.3) is 5.91 Å². The summed E-state index contributed by atoms with van der Waals surface area (Å²) in [5, 5.41) is 8.93. The minimum atomic E-state index is -0.763. The van der Waals surface area contributed by atoms with E-state index in [1.165, 1.54) is 4.90 Å². The minimum Gasteiger partial charge on any atom is -0.494 e. The molecule has 2 rings (SSSR count). The molecule has 0 aliphatic heterocycles. The maximum absolute atomic E-state index is 12.8. The number of hydrogen-bond donors (Lipinski definition) is 1. The molecule has 0 fully saturated rings. The molecule has 0 radical (unpaired) electrons. The molecule has 9 heteroatoms. The lowest BCUT2D eigenvalue weighted by molar-refractivity contribution is -0.121. The van der Waals surface area contributed by atoms with Crippen LogP contribution in [0.3, 0.4) is 0 Å². The Morgan fingerprint density at radius 2 is 1.72 bits per heavy atom. The highest BCUT2D eigenvalue weighted by atomic mass is 16.5. The zero-order chi connectivity index (χ0) is 23.7. The number of carbonyl (C=O) groups is 3. The van der Waals surface area contributed by atoms with Crippen molar-refractivity contribution >= 4 is 23.5 Å². The summed E-state index contributed by atoms with van der Waals surface area (Å²) in [6.07, 6.45) is 0.116. The summed E-state index contributed by atoms with van der Waals surface area (Å²) in [7, 11) is 0. The third-order valence-corrected chi connectivity index (χ3v) is 4.66. The van der Waals surface area contributed by atoms with Crippen molar-refractivity contribution in [1.29, 1.82) is 5.26 Å². The Hall–Kier alpha value is -3.80. The molecule has 0 aliphatic carbocycles. The van der Waals surface area contributed by atoms with Crippen molar-refractivity contribution in [2.24, 2.45) is 0 Å². The van der Waals surface area contributed by atoms with E-state index in [4.69, 9.17) is 19.5 Å². The van der Waals surface area contributed by atoms with Gasteiger partial charge in [0.05, 0.1) is 31.3 Å². The van der Waals surface area contributed by atoms with Crippen molar-refractivity contribution in [3.8, 4) is 11.8 Å². The number of benzene rings is 1. The van der Waals surface area contributed by atoms with Crippen molar-refractivity contribution in [3.05, 3.63) is 46.8 Å². The summed E-state index contributed by atoms with van der Waals surface area (Å²) in [5.41, 5.74) is 1.79. The van der Waals surface area contributed by atoms with E-state index in [0.717, 1.165) is 0 Å². The molecule has 0 aliphatic rings. The molecule has 1 aromatic heterocycles. The molecule has 1 heterocycles. The van der Waals surface area contributed by atoms with Crippen molar-refractivity contribution in [2.45, 2.75) is 34.1 Å². The van der Waals surface area contributed by atoms with Gasteiger partial charge in [0.15, 0.2) is 6.61 Å². The predicted octanol–water partition coefficient (Wildman–Crippen LogP) is 3.31. The Labute approximate surface area is 186 Å². The van der Waals surface area contributed by atoms with Gasteiger partial charge in [0.2, 0.25) is 0 Å². The molecule has 1 amide bonds. The number of aryl methyl sites for hydroxylation is 1. The molecule has 0 saturated carbocycles. The molecule has 2 aromatic rings. The number of ether oxygens (including phenoxy) is 3. The van der Waals surface area contributed by atoms with Gasteiger partial charge >= 0.3 is 11.9 Å². The Morgan fingerprint density at radius 3 is 2.31 bits per heavy atom. The van der Waals surface area contributed by atoms with Crippen LogP contribution in [-0.4, -0.2) is 49.2 Å². The number of nitriles is 1. The van der Waals surface area contributed by atoms with Crippen molar-refractivity contribution in [1.82, 2.24) is 4.98 Å². The van der Waals surface area contributed by atoms with Crippen molar-refractivity contribution in [3.63, 3.8) is 0 Å². The number of nitrogens with one attached hydrogen (secondary N) is 1. The number of H-pyrrole nitrogens is 1. The van der Waals surface area contributed by atoms with E-state index in [-0.39, 0.29) is 30.8 Å². The summed E-state index contributed by atoms with van der Waals surface area (Å²) in [6, 6.07) is 8.85. The molecule has 32 heavy (non-hydrogen) atoms. The van der Waals surface area contributed by atoms with Gasteiger partial charge in [-0.1, -0.05) is 0 Å². The molecule has 9 nitrogen and oxygen atoms in total. The van der Waals surface area contributed by atoms with Gasteiger partial charge in [-0.15, -0.1) is 0 Å². The number of anilines is 1. The molecule has 170 valence electrons. The van der Waals surface area contributed by atoms with Gasteiger partial charge in [-0.3, -0.25) is 4.79 Å². The lowest BCUT2D eigenvalue weighted by Crippen LogP contribution is -2.35. The van der Waals surface area contributed by atoms with Crippen LogP contribution in [0, 0.1) is 25.2 Å². The van der Waals surface area contributed by atoms with Crippen LogP contribution in [0.1, 0.15) is 52.4 Å². The lowest BCUT2D eigenvalue weighted by Gasteiger charge is -2.22. The second-order valence-corrected chi connectivity index (χ2v) is 6.80. The number of carbonyl (C=O) groups excluding carboxylic acids is 3. The third kappa shape index (κ3) is 5.88. The van der Waals surface area contributed by atoms with E-state index in [2.05, 4.69) is 4.98 Å². The quantitative estimate of drug-likeness (QED) is 0.561. The first-order chi connectivity index (χ1) is 15.3. The lowest BCUT2D eigenvalue weighted by atomic mass is 10.1. The Balaban J connectivity index is 2.12. The van der Waals surface area contributed by atoms with E-state index in [1.807, 2.05) is 13.0 Å². The highest BCUT2D eigenvalue weighted by Crippen LogP contribution is 2.22. The van der Waals surface area contributed by atoms with E-state index in [0.29, 0.717) is 29.3 Å². The van der Waals surface area contributed by atoms with E-state index >= 15 is 0 Å². The monoisotopic (exact) mass is 441 g/mol. The normalized spacial score (nSPS) is 10.2. The molecular formula is C23H27N3O6. The summed E-state index contributed by atoms with van der Waals surface area (Å²) >= 11 is 0. The fourth-order valence-electron chi connectivity index (χ4n) is 3.19. The van der Waals surface area contributed by atoms with Crippen molar-refractivity contribution < 1.29 is 28.6 Å². The Kier molecular flexibility index (Phi) is 8.83. The average Bonchev–Trinajstić information content (AvgIpc) is 3.07. The molecule has 0 spiro atoms. The molecular weight excluding hydrogens is 414 g/mol. The first kappa shape index (κ1) is 24.5. The van der Waals surface area contributed by atoms with Crippen molar-refractivity contribution in [2.75, 3.05) is 31.3 Å². The van der Waals surface area contributed by atoms with Crippen LogP contribution in [0.5, 0.6) is 5.75 Å². The van der Waals surface area contributed by atoms with Crippen LogP contribution in [0.15, 0.2) is 24.3 Å². The Morgan fingerprint density at radius 1 is 1.03 bits per heavy atom. The molecule has 0 saturated heterocycles.